The van der Waals surface area contributed by atoms with Gasteiger partial charge < -0.3 is 5.32 Å². The number of hydrogen-bond donors (Lipinski definition) is 1. The van der Waals surface area contributed by atoms with Crippen molar-refractivity contribution in [3.8, 4) is 6.07 Å². The van der Waals surface area contributed by atoms with Crippen molar-refractivity contribution in [2.24, 2.45) is 0 Å². The Morgan fingerprint density at radius 2 is 2.10 bits per heavy atom. The topological polar surface area (TPSA) is 48.7 Å². The average Bonchev–Trinajstić information content (AvgIpc) is 2.41. The summed E-state index contributed by atoms with van der Waals surface area (Å²) in [5, 5.41) is 12.2. The molecule has 2 rings (SSSR count). The fourth-order valence-corrected chi connectivity index (χ4v) is 2.03. The summed E-state index contributed by atoms with van der Waals surface area (Å²) in [5.74, 6) is 0.246. The molecule has 1 N–H and O–H groups in total. The van der Waals surface area contributed by atoms with E-state index in [1.54, 1.807) is 19.1 Å². The molecule has 0 amide bonds. The molecule has 20 heavy (non-hydrogen) atoms. The van der Waals surface area contributed by atoms with Gasteiger partial charge in [0.25, 0.3) is 0 Å². The zero-order chi connectivity index (χ0) is 14.7. The molecule has 0 aliphatic heterocycles. The molecule has 1 aromatic carbocycles. The van der Waals surface area contributed by atoms with E-state index in [-0.39, 0.29) is 17.0 Å². The van der Waals surface area contributed by atoms with Crippen LogP contribution in [0.5, 0.6) is 0 Å². The van der Waals surface area contributed by atoms with Gasteiger partial charge in [0.15, 0.2) is 0 Å². The summed E-state index contributed by atoms with van der Waals surface area (Å²) >= 11 is 5.84. The number of aryl methyl sites for hydroxylation is 1. The number of pyridine rings is 1. The summed E-state index contributed by atoms with van der Waals surface area (Å²) in [5.41, 5.74) is 1.83. The van der Waals surface area contributed by atoms with E-state index in [2.05, 4.69) is 10.3 Å². The molecule has 0 aliphatic rings. The highest BCUT2D eigenvalue weighted by Crippen LogP contribution is 2.22. The molecule has 0 saturated heterocycles. The fraction of sp³-hybridized carbons (Fsp3) is 0.200. The van der Waals surface area contributed by atoms with E-state index in [9.17, 15) is 4.39 Å². The molecule has 5 heteroatoms. The predicted octanol–water partition coefficient (Wildman–Crippen LogP) is 4.23. The Bertz CT molecular complexity index is 679. The predicted molar refractivity (Wildman–Crippen MR) is 77.1 cm³/mol. The molecular weight excluding hydrogens is 277 g/mol. The molecular formula is C15H13ClFN3. The number of aromatic nitrogens is 1. The van der Waals surface area contributed by atoms with E-state index < -0.39 is 0 Å². The van der Waals surface area contributed by atoms with Crippen molar-refractivity contribution < 1.29 is 4.39 Å². The highest BCUT2D eigenvalue weighted by atomic mass is 35.5. The van der Waals surface area contributed by atoms with Crippen molar-refractivity contribution >= 4 is 17.4 Å². The molecule has 0 fully saturated rings. The third kappa shape index (κ3) is 3.25. The van der Waals surface area contributed by atoms with Crippen molar-refractivity contribution in [3.05, 3.63) is 58.0 Å². The lowest BCUT2D eigenvalue weighted by atomic mass is 10.1. The van der Waals surface area contributed by atoms with Gasteiger partial charge in [-0.3, -0.25) is 0 Å². The van der Waals surface area contributed by atoms with Crippen LogP contribution in [0.4, 0.5) is 10.2 Å². The average molecular weight is 290 g/mol. The van der Waals surface area contributed by atoms with Gasteiger partial charge in [0.1, 0.15) is 16.8 Å². The third-order valence-corrected chi connectivity index (χ3v) is 3.18. The van der Waals surface area contributed by atoms with Crippen LogP contribution in [-0.2, 0) is 0 Å². The van der Waals surface area contributed by atoms with Crippen molar-refractivity contribution in [2.75, 3.05) is 5.32 Å². The first-order chi connectivity index (χ1) is 9.49. The smallest absolute Gasteiger partial charge is 0.132 e. The maximum Gasteiger partial charge on any atom is 0.132 e. The summed E-state index contributed by atoms with van der Waals surface area (Å²) in [6.07, 6.45) is 0. The van der Waals surface area contributed by atoms with Crippen LogP contribution in [0.1, 0.15) is 29.7 Å². The van der Waals surface area contributed by atoms with Crippen molar-refractivity contribution in [3.63, 3.8) is 0 Å². The number of nitrogens with zero attached hydrogens (tertiary/aromatic N) is 2. The second-order valence-electron chi connectivity index (χ2n) is 4.55. The number of rotatable bonds is 3. The van der Waals surface area contributed by atoms with Gasteiger partial charge in [-0.1, -0.05) is 23.7 Å². The van der Waals surface area contributed by atoms with Crippen LogP contribution in [0.2, 0.25) is 5.15 Å². The molecule has 1 unspecified atom stereocenters. The van der Waals surface area contributed by atoms with Crippen LogP contribution in [0.25, 0.3) is 0 Å². The number of nitriles is 1. The molecule has 0 saturated carbocycles. The van der Waals surface area contributed by atoms with Gasteiger partial charge in [-0.25, -0.2) is 9.37 Å². The third-order valence-electron chi connectivity index (χ3n) is 2.98. The first-order valence-electron chi connectivity index (χ1n) is 6.10. The van der Waals surface area contributed by atoms with Gasteiger partial charge >= 0.3 is 0 Å². The van der Waals surface area contributed by atoms with Crippen molar-refractivity contribution in [1.82, 2.24) is 4.98 Å². The van der Waals surface area contributed by atoms with Crippen molar-refractivity contribution in [1.29, 1.82) is 5.26 Å². The molecule has 1 atom stereocenters. The molecule has 0 radical (unpaired) electrons. The van der Waals surface area contributed by atoms with E-state index in [4.69, 9.17) is 16.9 Å². The summed E-state index contributed by atoms with van der Waals surface area (Å²) in [6.45, 7) is 3.60. The number of hydrogen-bond acceptors (Lipinski definition) is 3. The quantitative estimate of drug-likeness (QED) is 0.860. The Kier molecular flexibility index (Phi) is 4.21. The Balaban J connectivity index is 2.23. The molecule has 0 bridgehead atoms. The molecule has 0 spiro atoms. The largest absolute Gasteiger partial charge is 0.363 e. The summed E-state index contributed by atoms with van der Waals surface area (Å²) in [6, 6.07) is 10.0. The summed E-state index contributed by atoms with van der Waals surface area (Å²) < 4.78 is 13.6. The molecule has 3 nitrogen and oxygen atoms in total. The van der Waals surface area contributed by atoms with Gasteiger partial charge in [0.05, 0.1) is 17.7 Å². The second-order valence-corrected chi connectivity index (χ2v) is 4.94. The SMILES string of the molecule is Cc1ccc(C(C)Nc2cc(C#N)cc(Cl)n2)cc1F. The maximum absolute atomic E-state index is 13.6. The normalized spacial score (nSPS) is 11.8. The zero-order valence-corrected chi connectivity index (χ0v) is 11.9. The number of halogens is 2. The van der Waals surface area contributed by atoms with Gasteiger partial charge in [-0.2, -0.15) is 5.26 Å². The van der Waals surface area contributed by atoms with Crippen LogP contribution in [0.15, 0.2) is 30.3 Å². The highest BCUT2D eigenvalue weighted by Gasteiger charge is 2.09. The van der Waals surface area contributed by atoms with Gasteiger partial charge in [0.2, 0.25) is 0 Å². The summed E-state index contributed by atoms with van der Waals surface area (Å²) in [4.78, 5) is 4.10. The fourth-order valence-electron chi connectivity index (χ4n) is 1.82. The van der Waals surface area contributed by atoms with Crippen molar-refractivity contribution in [2.45, 2.75) is 19.9 Å². The monoisotopic (exact) mass is 289 g/mol. The molecule has 102 valence electrons. The van der Waals surface area contributed by atoms with Crippen LogP contribution in [-0.4, -0.2) is 4.98 Å². The summed E-state index contributed by atoms with van der Waals surface area (Å²) in [7, 11) is 0. The van der Waals surface area contributed by atoms with E-state index >= 15 is 0 Å². The highest BCUT2D eigenvalue weighted by molar-refractivity contribution is 6.29. The zero-order valence-electron chi connectivity index (χ0n) is 11.1. The minimum Gasteiger partial charge on any atom is -0.363 e. The van der Waals surface area contributed by atoms with E-state index in [0.29, 0.717) is 16.9 Å². The first kappa shape index (κ1) is 14.3. The first-order valence-corrected chi connectivity index (χ1v) is 6.47. The molecule has 0 aliphatic carbocycles. The van der Waals surface area contributed by atoms with Crippen LogP contribution in [0.3, 0.4) is 0 Å². The van der Waals surface area contributed by atoms with E-state index in [1.165, 1.54) is 12.1 Å². The number of benzene rings is 1. The van der Waals surface area contributed by atoms with E-state index in [0.717, 1.165) is 5.56 Å². The van der Waals surface area contributed by atoms with Crippen LogP contribution < -0.4 is 5.32 Å². The molecule has 1 heterocycles. The van der Waals surface area contributed by atoms with Crippen LogP contribution >= 0.6 is 11.6 Å². The lowest BCUT2D eigenvalue weighted by Crippen LogP contribution is -2.08. The van der Waals surface area contributed by atoms with Gasteiger partial charge in [-0.05, 0) is 43.2 Å². The minimum atomic E-state index is -0.243. The Hall–Kier alpha value is -2.12. The van der Waals surface area contributed by atoms with Gasteiger partial charge in [0, 0.05) is 0 Å². The lowest BCUT2D eigenvalue weighted by molar-refractivity contribution is 0.614. The Morgan fingerprint density at radius 3 is 2.75 bits per heavy atom. The minimum absolute atomic E-state index is 0.150. The van der Waals surface area contributed by atoms with Crippen LogP contribution in [0, 0.1) is 24.1 Å². The number of anilines is 1. The molecule has 2 aromatic rings. The Morgan fingerprint density at radius 1 is 1.35 bits per heavy atom. The second kappa shape index (κ2) is 5.89. The van der Waals surface area contributed by atoms with Gasteiger partial charge in [-0.15, -0.1) is 0 Å². The Labute approximate surface area is 122 Å². The number of nitrogens with one attached hydrogen (secondary N) is 1. The molecule has 1 aromatic heterocycles. The van der Waals surface area contributed by atoms with E-state index in [1.807, 2.05) is 19.1 Å². The lowest BCUT2D eigenvalue weighted by Gasteiger charge is -2.16. The standard InChI is InChI=1S/C15H13ClFN3/c1-9-3-4-12(7-13(9)17)10(2)19-15-6-11(8-18)5-14(16)20-15/h3-7,10H,1-2H3,(H,19,20). The maximum atomic E-state index is 13.6.